The highest BCUT2D eigenvalue weighted by molar-refractivity contribution is 6.30. The molecule has 23 heavy (non-hydrogen) atoms. The lowest BCUT2D eigenvalue weighted by molar-refractivity contribution is 0.116. The summed E-state index contributed by atoms with van der Waals surface area (Å²) in [6.07, 6.45) is 5.00. The Kier molecular flexibility index (Phi) is 4.63. The number of aliphatic hydroxyl groups excluding tert-OH is 1. The van der Waals surface area contributed by atoms with E-state index >= 15 is 0 Å². The molecule has 0 radical (unpaired) electrons. The van der Waals surface area contributed by atoms with Gasteiger partial charge in [0.25, 0.3) is 0 Å². The van der Waals surface area contributed by atoms with Crippen LogP contribution in [-0.2, 0) is 0 Å². The molecule has 3 rings (SSSR count). The first kappa shape index (κ1) is 16.0. The van der Waals surface area contributed by atoms with Crippen LogP contribution in [0.3, 0.4) is 0 Å². The fourth-order valence-corrected chi connectivity index (χ4v) is 3.02. The van der Waals surface area contributed by atoms with Gasteiger partial charge in [-0.25, -0.2) is 4.98 Å². The molecule has 0 bridgehead atoms. The third-order valence-corrected chi connectivity index (χ3v) is 4.31. The van der Waals surface area contributed by atoms with Gasteiger partial charge >= 0.3 is 0 Å². The van der Waals surface area contributed by atoms with Gasteiger partial charge in [0.1, 0.15) is 23.0 Å². The van der Waals surface area contributed by atoms with E-state index in [1.165, 1.54) is 12.3 Å². The first-order chi connectivity index (χ1) is 11.0. The number of hydrogen-bond acceptors (Lipinski definition) is 6. The fraction of sp³-hybridized carbons (Fsp3) is 0.438. The largest absolute Gasteiger partial charge is 0.506 e. The van der Waals surface area contributed by atoms with E-state index in [9.17, 15) is 10.2 Å². The molecule has 2 heterocycles. The Morgan fingerprint density at radius 2 is 1.96 bits per heavy atom. The van der Waals surface area contributed by atoms with Gasteiger partial charge in [-0.1, -0.05) is 24.4 Å². The SMILES string of the molecule is Cc1cc(N[C@@H]2CCCC[C@H]2O)nnc1-c1ncc(Cl)cc1O. The van der Waals surface area contributed by atoms with Crippen molar-refractivity contribution in [2.24, 2.45) is 0 Å². The summed E-state index contributed by atoms with van der Waals surface area (Å²) in [5, 5.41) is 31.9. The van der Waals surface area contributed by atoms with E-state index in [1.807, 2.05) is 13.0 Å². The smallest absolute Gasteiger partial charge is 0.149 e. The minimum Gasteiger partial charge on any atom is -0.506 e. The molecule has 7 heteroatoms. The minimum absolute atomic E-state index is 0.00496. The van der Waals surface area contributed by atoms with E-state index in [0.717, 1.165) is 31.2 Å². The zero-order valence-corrected chi connectivity index (χ0v) is 13.6. The van der Waals surface area contributed by atoms with Crippen molar-refractivity contribution < 1.29 is 10.2 Å². The van der Waals surface area contributed by atoms with Crippen molar-refractivity contribution in [1.82, 2.24) is 15.2 Å². The molecule has 0 amide bonds. The summed E-state index contributed by atoms with van der Waals surface area (Å²) in [7, 11) is 0. The second kappa shape index (κ2) is 6.68. The number of nitrogens with zero attached hydrogens (tertiary/aromatic N) is 3. The van der Waals surface area contributed by atoms with Gasteiger partial charge < -0.3 is 15.5 Å². The van der Waals surface area contributed by atoms with Gasteiger partial charge in [0, 0.05) is 12.3 Å². The van der Waals surface area contributed by atoms with Crippen LogP contribution in [0.15, 0.2) is 18.3 Å². The predicted molar refractivity (Wildman–Crippen MR) is 88.6 cm³/mol. The van der Waals surface area contributed by atoms with Crippen LogP contribution in [0, 0.1) is 6.92 Å². The quantitative estimate of drug-likeness (QED) is 0.799. The van der Waals surface area contributed by atoms with Crippen LogP contribution in [0.5, 0.6) is 5.75 Å². The van der Waals surface area contributed by atoms with Crippen LogP contribution in [0.25, 0.3) is 11.4 Å². The molecule has 0 unspecified atom stereocenters. The Hall–Kier alpha value is -1.92. The van der Waals surface area contributed by atoms with Crippen molar-refractivity contribution in [3.05, 3.63) is 28.9 Å². The summed E-state index contributed by atoms with van der Waals surface area (Å²) in [6, 6.07) is 3.28. The monoisotopic (exact) mass is 334 g/mol. The van der Waals surface area contributed by atoms with Crippen LogP contribution < -0.4 is 5.32 Å². The number of pyridine rings is 1. The Labute approximate surface area is 139 Å². The van der Waals surface area contributed by atoms with Crippen molar-refractivity contribution >= 4 is 17.4 Å². The van der Waals surface area contributed by atoms with Crippen LogP contribution in [0.4, 0.5) is 5.82 Å². The zero-order valence-electron chi connectivity index (χ0n) is 12.8. The van der Waals surface area contributed by atoms with Gasteiger partial charge in [-0.05, 0) is 31.4 Å². The zero-order chi connectivity index (χ0) is 16.4. The maximum absolute atomic E-state index is 10.0. The van der Waals surface area contributed by atoms with Gasteiger partial charge in [0.2, 0.25) is 0 Å². The highest BCUT2D eigenvalue weighted by Gasteiger charge is 2.23. The summed E-state index contributed by atoms with van der Waals surface area (Å²) in [5.74, 6) is 0.587. The molecule has 3 N–H and O–H groups in total. The Bertz CT molecular complexity index is 710. The van der Waals surface area contributed by atoms with Crippen molar-refractivity contribution in [1.29, 1.82) is 0 Å². The third-order valence-electron chi connectivity index (χ3n) is 4.11. The third kappa shape index (κ3) is 3.54. The number of aryl methyl sites for hydroxylation is 1. The van der Waals surface area contributed by atoms with E-state index < -0.39 is 0 Å². The second-order valence-electron chi connectivity index (χ2n) is 5.89. The molecule has 0 aromatic carbocycles. The molecule has 0 saturated heterocycles. The van der Waals surface area contributed by atoms with Crippen molar-refractivity contribution in [3.8, 4) is 17.1 Å². The van der Waals surface area contributed by atoms with E-state index in [4.69, 9.17) is 11.6 Å². The van der Waals surface area contributed by atoms with Crippen molar-refractivity contribution in [2.75, 3.05) is 5.32 Å². The standard InChI is InChI=1S/C16H19ClN4O2/c1-9-6-14(19-11-4-2-3-5-12(11)22)20-21-15(9)16-13(23)7-10(17)8-18-16/h6-8,11-12,22-23H,2-5H2,1H3,(H,19,20)/t11-,12-/m1/s1. The number of nitrogens with one attached hydrogen (secondary N) is 1. The molecule has 0 aliphatic heterocycles. The van der Waals surface area contributed by atoms with Crippen LogP contribution in [0.2, 0.25) is 5.02 Å². The van der Waals surface area contributed by atoms with E-state index in [0.29, 0.717) is 22.2 Å². The topological polar surface area (TPSA) is 91.2 Å². The lowest BCUT2D eigenvalue weighted by Gasteiger charge is -2.28. The highest BCUT2D eigenvalue weighted by Crippen LogP contribution is 2.30. The van der Waals surface area contributed by atoms with Crippen LogP contribution in [0.1, 0.15) is 31.2 Å². The molecule has 0 spiro atoms. The summed E-state index contributed by atoms with van der Waals surface area (Å²) < 4.78 is 0. The van der Waals surface area contributed by atoms with Gasteiger partial charge in [0.15, 0.2) is 0 Å². The van der Waals surface area contributed by atoms with Gasteiger partial charge in [-0.3, -0.25) is 0 Å². The minimum atomic E-state index is -0.354. The summed E-state index contributed by atoms with van der Waals surface area (Å²) in [4.78, 5) is 4.12. The highest BCUT2D eigenvalue weighted by atomic mass is 35.5. The Balaban J connectivity index is 1.83. The maximum Gasteiger partial charge on any atom is 0.149 e. The second-order valence-corrected chi connectivity index (χ2v) is 6.32. The maximum atomic E-state index is 10.0. The van der Waals surface area contributed by atoms with Crippen molar-refractivity contribution in [2.45, 2.75) is 44.8 Å². The number of aromatic hydroxyl groups is 1. The summed E-state index contributed by atoms with van der Waals surface area (Å²) in [5.41, 5.74) is 1.69. The average molecular weight is 335 g/mol. The first-order valence-electron chi connectivity index (χ1n) is 7.68. The van der Waals surface area contributed by atoms with Gasteiger partial charge in [-0.15, -0.1) is 10.2 Å². The number of rotatable bonds is 3. The normalized spacial score (nSPS) is 21.2. The molecule has 1 aliphatic rings. The summed E-state index contributed by atoms with van der Waals surface area (Å²) in [6.45, 7) is 1.88. The molecule has 2 atom stereocenters. The Morgan fingerprint density at radius 1 is 1.17 bits per heavy atom. The molecular formula is C16H19ClN4O2. The molecule has 1 fully saturated rings. The fourth-order valence-electron chi connectivity index (χ4n) is 2.87. The first-order valence-corrected chi connectivity index (χ1v) is 8.06. The molecule has 122 valence electrons. The number of aliphatic hydroxyl groups is 1. The number of hydrogen-bond donors (Lipinski definition) is 3. The van der Waals surface area contributed by atoms with E-state index in [2.05, 4.69) is 20.5 Å². The lowest BCUT2D eigenvalue weighted by atomic mass is 9.92. The number of aromatic nitrogens is 3. The molecule has 6 nitrogen and oxygen atoms in total. The van der Waals surface area contributed by atoms with Crippen LogP contribution in [-0.4, -0.2) is 37.5 Å². The molecule has 2 aromatic rings. The average Bonchev–Trinajstić information content (AvgIpc) is 2.51. The number of anilines is 1. The Morgan fingerprint density at radius 3 is 2.65 bits per heavy atom. The predicted octanol–water partition coefficient (Wildman–Crippen LogP) is 2.92. The molecule has 1 aliphatic carbocycles. The molecule has 2 aromatic heterocycles. The lowest BCUT2D eigenvalue weighted by Crippen LogP contribution is -2.36. The van der Waals surface area contributed by atoms with Crippen molar-refractivity contribution in [3.63, 3.8) is 0 Å². The molecular weight excluding hydrogens is 316 g/mol. The van der Waals surface area contributed by atoms with Gasteiger partial charge in [0.05, 0.1) is 17.2 Å². The van der Waals surface area contributed by atoms with Crippen LogP contribution >= 0.6 is 11.6 Å². The molecule has 1 saturated carbocycles. The van der Waals surface area contributed by atoms with E-state index in [-0.39, 0.29) is 17.9 Å². The number of halogens is 1. The summed E-state index contributed by atoms with van der Waals surface area (Å²) >= 11 is 5.80. The van der Waals surface area contributed by atoms with Gasteiger partial charge in [-0.2, -0.15) is 0 Å². The van der Waals surface area contributed by atoms with E-state index in [1.54, 1.807) is 0 Å².